The summed E-state index contributed by atoms with van der Waals surface area (Å²) in [5.41, 5.74) is 12.8. The number of aliphatic imine (C=N–C) groups is 1. The van der Waals surface area contributed by atoms with Gasteiger partial charge in [-0.15, -0.1) is 0 Å². The molecule has 5 heteroatoms. The first kappa shape index (κ1) is 37.4. The van der Waals surface area contributed by atoms with Crippen LogP contribution >= 0.6 is 0 Å². The van der Waals surface area contributed by atoms with Crippen molar-refractivity contribution in [2.45, 2.75) is 24.5 Å². The standard InChI is InChI=1S/C57H45N5/c1-5-17-38(18-6-1)39-29-35-45(36-30-39)54-58-50(40-19-7-2-8-20-40)37-51(59-54)41-31-33-42(34-32-41)52-48-27-15-13-25-46(48)47-26-14-16-28-49(47)53(52)57-61-55(43-21-9-3-10-22-43)60-56(62-57)44-23-11-4-12-24-44/h1-37,51,54-55,57-59,61H,(H,60,62). The van der Waals surface area contributed by atoms with E-state index in [4.69, 9.17) is 4.99 Å². The lowest BCUT2D eigenvalue weighted by Crippen LogP contribution is -2.45. The average Bonchev–Trinajstić information content (AvgIpc) is 3.37. The Balaban J connectivity index is 1.01. The van der Waals surface area contributed by atoms with E-state index >= 15 is 0 Å². The minimum absolute atomic E-state index is 0.0370. The topological polar surface area (TPSA) is 60.5 Å². The van der Waals surface area contributed by atoms with Crippen molar-refractivity contribution in [3.8, 4) is 22.3 Å². The number of hydrogen-bond acceptors (Lipinski definition) is 5. The fourth-order valence-electron chi connectivity index (χ4n) is 9.20. The van der Waals surface area contributed by atoms with Crippen LogP contribution in [0.5, 0.6) is 0 Å². The zero-order valence-electron chi connectivity index (χ0n) is 34.1. The summed E-state index contributed by atoms with van der Waals surface area (Å²) in [6, 6.07) is 77.9. The van der Waals surface area contributed by atoms with Gasteiger partial charge < -0.3 is 10.6 Å². The Kier molecular flexibility index (Phi) is 9.94. The quantitative estimate of drug-likeness (QED) is 0.116. The van der Waals surface area contributed by atoms with Crippen LogP contribution in [0.1, 0.15) is 57.9 Å². The van der Waals surface area contributed by atoms with E-state index < -0.39 is 0 Å². The second-order valence-corrected chi connectivity index (χ2v) is 16.1. The molecule has 0 saturated heterocycles. The predicted octanol–water partition coefficient (Wildman–Crippen LogP) is 12.6. The second kappa shape index (κ2) is 16.5. The van der Waals surface area contributed by atoms with Crippen LogP contribution in [-0.4, -0.2) is 5.84 Å². The molecule has 0 spiro atoms. The molecule has 0 amide bonds. The molecule has 2 heterocycles. The third-order valence-corrected chi connectivity index (χ3v) is 12.3. The molecule has 62 heavy (non-hydrogen) atoms. The van der Waals surface area contributed by atoms with Gasteiger partial charge in [-0.25, -0.2) is 4.99 Å². The number of rotatable bonds is 8. The van der Waals surface area contributed by atoms with E-state index in [1.54, 1.807) is 0 Å². The second-order valence-electron chi connectivity index (χ2n) is 16.1. The van der Waals surface area contributed by atoms with E-state index in [1.165, 1.54) is 54.9 Å². The van der Waals surface area contributed by atoms with Gasteiger partial charge in [0.2, 0.25) is 0 Å². The molecule has 11 rings (SSSR count). The van der Waals surface area contributed by atoms with E-state index in [0.29, 0.717) is 0 Å². The molecule has 0 aliphatic carbocycles. The molecule has 4 N–H and O–H groups in total. The Hall–Kier alpha value is -7.57. The summed E-state index contributed by atoms with van der Waals surface area (Å²) in [5, 5.41) is 20.5. The van der Waals surface area contributed by atoms with E-state index in [1.807, 2.05) is 0 Å². The number of hydrogen-bond donors (Lipinski definition) is 4. The highest BCUT2D eigenvalue weighted by Gasteiger charge is 2.30. The molecular weight excluding hydrogens is 755 g/mol. The van der Waals surface area contributed by atoms with Gasteiger partial charge in [-0.3, -0.25) is 10.6 Å². The molecule has 9 aromatic carbocycles. The van der Waals surface area contributed by atoms with Crippen molar-refractivity contribution in [1.82, 2.24) is 21.3 Å². The maximum Gasteiger partial charge on any atom is 0.131 e. The van der Waals surface area contributed by atoms with Crippen molar-refractivity contribution in [3.05, 3.63) is 258 Å². The number of amidine groups is 1. The number of nitrogens with one attached hydrogen (secondary N) is 4. The van der Waals surface area contributed by atoms with Crippen LogP contribution < -0.4 is 21.3 Å². The maximum atomic E-state index is 5.26. The highest BCUT2D eigenvalue weighted by molar-refractivity contribution is 6.16. The Morgan fingerprint density at radius 2 is 0.839 bits per heavy atom. The fourth-order valence-corrected chi connectivity index (χ4v) is 9.20. The van der Waals surface area contributed by atoms with Gasteiger partial charge in [-0.2, -0.15) is 0 Å². The zero-order chi connectivity index (χ0) is 41.2. The first-order chi connectivity index (χ1) is 30.7. The van der Waals surface area contributed by atoms with E-state index in [9.17, 15) is 0 Å². The zero-order valence-corrected chi connectivity index (χ0v) is 34.1. The van der Waals surface area contributed by atoms with Crippen LogP contribution in [0.4, 0.5) is 0 Å². The van der Waals surface area contributed by atoms with E-state index in [0.717, 1.165) is 33.8 Å². The molecule has 2 aliphatic heterocycles. The molecule has 298 valence electrons. The van der Waals surface area contributed by atoms with Gasteiger partial charge in [-0.1, -0.05) is 218 Å². The van der Waals surface area contributed by atoms with Crippen molar-refractivity contribution in [2.24, 2.45) is 4.99 Å². The largest absolute Gasteiger partial charge is 0.366 e. The van der Waals surface area contributed by atoms with Crippen LogP contribution in [0.2, 0.25) is 0 Å². The van der Waals surface area contributed by atoms with Crippen molar-refractivity contribution < 1.29 is 0 Å². The third kappa shape index (κ3) is 7.24. The van der Waals surface area contributed by atoms with Gasteiger partial charge in [0.25, 0.3) is 0 Å². The maximum absolute atomic E-state index is 5.26. The molecule has 0 radical (unpaired) electrons. The smallest absolute Gasteiger partial charge is 0.131 e. The number of benzene rings is 9. The predicted molar refractivity (Wildman–Crippen MR) is 256 cm³/mol. The first-order valence-electron chi connectivity index (χ1n) is 21.4. The van der Waals surface area contributed by atoms with Crippen molar-refractivity contribution >= 4 is 33.1 Å². The van der Waals surface area contributed by atoms with Crippen molar-refractivity contribution in [3.63, 3.8) is 0 Å². The molecule has 5 nitrogen and oxygen atoms in total. The summed E-state index contributed by atoms with van der Waals surface area (Å²) in [5.74, 6) is 0.865. The summed E-state index contributed by atoms with van der Waals surface area (Å²) in [6.45, 7) is 0. The number of nitrogens with zero attached hydrogens (tertiary/aromatic N) is 1. The molecule has 0 saturated carbocycles. The van der Waals surface area contributed by atoms with Gasteiger partial charge in [-0.05, 0) is 72.1 Å². The molecule has 0 bridgehead atoms. The molecular formula is C57H45N5. The Labute approximate surface area is 362 Å². The molecule has 9 aromatic rings. The summed E-state index contributed by atoms with van der Waals surface area (Å²) < 4.78 is 0. The van der Waals surface area contributed by atoms with Crippen LogP contribution in [0, 0.1) is 0 Å². The third-order valence-electron chi connectivity index (χ3n) is 12.3. The highest BCUT2D eigenvalue weighted by Crippen LogP contribution is 2.43. The van der Waals surface area contributed by atoms with Gasteiger partial charge in [0.1, 0.15) is 24.3 Å². The van der Waals surface area contributed by atoms with Crippen molar-refractivity contribution in [2.75, 3.05) is 0 Å². The minimum atomic E-state index is -0.256. The normalized spacial score (nSPS) is 18.6. The first-order valence-corrected chi connectivity index (χ1v) is 21.4. The average molecular weight is 800 g/mol. The summed E-state index contributed by atoms with van der Waals surface area (Å²) in [4.78, 5) is 5.26. The van der Waals surface area contributed by atoms with Gasteiger partial charge in [0.15, 0.2) is 0 Å². The van der Waals surface area contributed by atoms with E-state index in [-0.39, 0.29) is 24.5 Å². The summed E-state index contributed by atoms with van der Waals surface area (Å²) >= 11 is 0. The molecule has 0 fully saturated rings. The van der Waals surface area contributed by atoms with Crippen LogP contribution in [0.25, 0.3) is 49.5 Å². The minimum Gasteiger partial charge on any atom is -0.366 e. The lowest BCUT2D eigenvalue weighted by atomic mass is 9.85. The summed E-state index contributed by atoms with van der Waals surface area (Å²) in [6.07, 6.45) is 1.72. The molecule has 4 atom stereocenters. The van der Waals surface area contributed by atoms with Crippen LogP contribution in [0.15, 0.2) is 229 Å². The van der Waals surface area contributed by atoms with Crippen LogP contribution in [-0.2, 0) is 0 Å². The lowest BCUT2D eigenvalue weighted by Gasteiger charge is -2.34. The monoisotopic (exact) mass is 799 g/mol. The van der Waals surface area contributed by atoms with Crippen LogP contribution in [0.3, 0.4) is 0 Å². The Bertz CT molecular complexity index is 3060. The van der Waals surface area contributed by atoms with Gasteiger partial charge >= 0.3 is 0 Å². The van der Waals surface area contributed by atoms with Gasteiger partial charge in [0, 0.05) is 16.8 Å². The fraction of sp³-hybridized carbons (Fsp3) is 0.0702. The van der Waals surface area contributed by atoms with Gasteiger partial charge in [0.05, 0.1) is 6.04 Å². The summed E-state index contributed by atoms with van der Waals surface area (Å²) in [7, 11) is 0. The van der Waals surface area contributed by atoms with E-state index in [2.05, 4.69) is 246 Å². The lowest BCUT2D eigenvalue weighted by molar-refractivity contribution is 0.412. The highest BCUT2D eigenvalue weighted by atomic mass is 15.3. The SMILES string of the molecule is C1=C(c2ccccc2)NC(c2ccc(-c3ccccc3)cc2)NC1c1ccc(-c2c(C3NC(c4ccccc4)=NC(c4ccccc4)N3)c3ccccc3c3ccccc23)cc1. The molecule has 2 aliphatic rings. The number of fused-ring (bicyclic) bond motifs is 3. The Morgan fingerprint density at radius 1 is 0.339 bits per heavy atom. The molecule has 0 aromatic heterocycles. The van der Waals surface area contributed by atoms with Crippen molar-refractivity contribution in [1.29, 1.82) is 0 Å². The molecule has 4 unspecified atom stereocenters. The Morgan fingerprint density at radius 3 is 1.50 bits per heavy atom.